The molecule has 1 rings (SSSR count). The highest BCUT2D eigenvalue weighted by atomic mass is 19.1. The predicted molar refractivity (Wildman–Crippen MR) is 60.1 cm³/mol. The van der Waals surface area contributed by atoms with Gasteiger partial charge in [-0.05, 0) is 43.9 Å². The zero-order chi connectivity index (χ0) is 12.1. The molecule has 0 aliphatic carbocycles. The molecular formula is C13H16F2O. The molecular weight excluding hydrogens is 210 g/mol. The van der Waals surface area contributed by atoms with Crippen LogP contribution < -0.4 is 0 Å². The van der Waals surface area contributed by atoms with Crippen LogP contribution in [0.3, 0.4) is 0 Å². The fraction of sp³-hybridized carbons (Fsp3) is 0.385. The summed E-state index contributed by atoms with van der Waals surface area (Å²) in [5, 5.41) is 9.65. The molecule has 1 atom stereocenters. The van der Waals surface area contributed by atoms with Gasteiger partial charge in [0.15, 0.2) is 0 Å². The molecule has 0 spiro atoms. The number of allylic oxidation sites excluding steroid dienone is 1. The average molecular weight is 226 g/mol. The first-order valence-electron chi connectivity index (χ1n) is 5.25. The van der Waals surface area contributed by atoms with Crippen molar-refractivity contribution in [3.05, 3.63) is 47.5 Å². The van der Waals surface area contributed by atoms with Gasteiger partial charge >= 0.3 is 0 Å². The zero-order valence-corrected chi connectivity index (χ0v) is 9.34. The first-order valence-corrected chi connectivity index (χ1v) is 5.25. The Morgan fingerprint density at radius 3 is 2.38 bits per heavy atom. The largest absolute Gasteiger partial charge is 0.393 e. The molecule has 0 amide bonds. The SMILES string of the molecule is C=C(C)CCC(O)Cc1cc(F)cc(F)c1. The molecule has 0 saturated carbocycles. The summed E-state index contributed by atoms with van der Waals surface area (Å²) in [5.41, 5.74) is 1.47. The van der Waals surface area contributed by atoms with Crippen LogP contribution in [0.5, 0.6) is 0 Å². The Morgan fingerprint density at radius 1 is 1.31 bits per heavy atom. The third-order valence-electron chi connectivity index (χ3n) is 2.30. The minimum absolute atomic E-state index is 0.266. The highest BCUT2D eigenvalue weighted by Gasteiger charge is 2.08. The molecule has 0 aromatic heterocycles. The molecule has 0 fully saturated rings. The Balaban J connectivity index is 2.55. The van der Waals surface area contributed by atoms with Crippen molar-refractivity contribution < 1.29 is 13.9 Å². The maximum absolute atomic E-state index is 12.9. The fourth-order valence-corrected chi connectivity index (χ4v) is 1.52. The van der Waals surface area contributed by atoms with E-state index >= 15 is 0 Å². The van der Waals surface area contributed by atoms with E-state index < -0.39 is 17.7 Å². The lowest BCUT2D eigenvalue weighted by Crippen LogP contribution is -2.10. The van der Waals surface area contributed by atoms with Crippen molar-refractivity contribution in [2.45, 2.75) is 32.3 Å². The van der Waals surface area contributed by atoms with Gasteiger partial charge in [0.25, 0.3) is 0 Å². The van der Waals surface area contributed by atoms with E-state index in [0.29, 0.717) is 12.0 Å². The highest BCUT2D eigenvalue weighted by Crippen LogP contribution is 2.13. The van der Waals surface area contributed by atoms with Crippen molar-refractivity contribution in [3.63, 3.8) is 0 Å². The van der Waals surface area contributed by atoms with E-state index in [1.165, 1.54) is 12.1 Å². The second kappa shape index (κ2) is 5.75. The minimum Gasteiger partial charge on any atom is -0.393 e. The number of aliphatic hydroxyl groups excluding tert-OH is 1. The van der Waals surface area contributed by atoms with E-state index in [-0.39, 0.29) is 6.42 Å². The molecule has 16 heavy (non-hydrogen) atoms. The van der Waals surface area contributed by atoms with Crippen LogP contribution in [0.4, 0.5) is 8.78 Å². The third kappa shape index (κ3) is 4.53. The minimum atomic E-state index is -0.609. The molecule has 1 nitrogen and oxygen atoms in total. The van der Waals surface area contributed by atoms with Crippen LogP contribution in [-0.4, -0.2) is 11.2 Å². The van der Waals surface area contributed by atoms with Crippen LogP contribution in [0.2, 0.25) is 0 Å². The van der Waals surface area contributed by atoms with Gasteiger partial charge in [0.1, 0.15) is 11.6 Å². The van der Waals surface area contributed by atoms with Gasteiger partial charge in [0.05, 0.1) is 6.10 Å². The lowest BCUT2D eigenvalue weighted by Gasteiger charge is -2.10. The maximum Gasteiger partial charge on any atom is 0.126 e. The molecule has 0 aliphatic heterocycles. The first kappa shape index (κ1) is 12.8. The van der Waals surface area contributed by atoms with Crippen LogP contribution in [0.1, 0.15) is 25.3 Å². The predicted octanol–water partition coefficient (Wildman–Crippen LogP) is 3.22. The van der Waals surface area contributed by atoms with E-state index in [4.69, 9.17) is 0 Å². The summed E-state index contributed by atoms with van der Waals surface area (Å²) in [6.07, 6.45) is 0.965. The van der Waals surface area contributed by atoms with E-state index in [0.717, 1.165) is 18.1 Å². The van der Waals surface area contributed by atoms with Crippen molar-refractivity contribution in [1.29, 1.82) is 0 Å². The average Bonchev–Trinajstić information content (AvgIpc) is 2.12. The van der Waals surface area contributed by atoms with E-state index in [1.807, 2.05) is 6.92 Å². The van der Waals surface area contributed by atoms with Gasteiger partial charge in [0, 0.05) is 6.07 Å². The molecule has 1 aromatic rings. The van der Waals surface area contributed by atoms with Crippen LogP contribution in [-0.2, 0) is 6.42 Å². The van der Waals surface area contributed by atoms with Gasteiger partial charge in [-0.3, -0.25) is 0 Å². The lowest BCUT2D eigenvalue weighted by molar-refractivity contribution is 0.165. The Morgan fingerprint density at radius 2 is 1.88 bits per heavy atom. The van der Waals surface area contributed by atoms with Gasteiger partial charge < -0.3 is 5.11 Å². The van der Waals surface area contributed by atoms with Gasteiger partial charge in [-0.15, -0.1) is 6.58 Å². The molecule has 1 unspecified atom stereocenters. The summed E-state index contributed by atoms with van der Waals surface area (Å²) in [4.78, 5) is 0. The summed E-state index contributed by atoms with van der Waals surface area (Å²) in [5.74, 6) is -1.22. The smallest absolute Gasteiger partial charge is 0.126 e. The van der Waals surface area contributed by atoms with Gasteiger partial charge in [-0.2, -0.15) is 0 Å². The Kier molecular flexibility index (Phi) is 4.62. The van der Waals surface area contributed by atoms with Crippen LogP contribution >= 0.6 is 0 Å². The Bertz CT molecular complexity index is 354. The molecule has 0 heterocycles. The Labute approximate surface area is 94.4 Å². The molecule has 3 heteroatoms. The van der Waals surface area contributed by atoms with Crippen molar-refractivity contribution in [2.24, 2.45) is 0 Å². The number of rotatable bonds is 5. The zero-order valence-electron chi connectivity index (χ0n) is 9.34. The summed E-state index contributed by atoms with van der Waals surface area (Å²) < 4.78 is 25.7. The van der Waals surface area contributed by atoms with Crippen LogP contribution in [0.15, 0.2) is 30.4 Å². The summed E-state index contributed by atoms with van der Waals surface area (Å²) in [6, 6.07) is 3.31. The molecule has 0 aliphatic rings. The lowest BCUT2D eigenvalue weighted by atomic mass is 10.0. The summed E-state index contributed by atoms with van der Waals surface area (Å²) in [6.45, 7) is 5.61. The molecule has 0 bridgehead atoms. The normalized spacial score (nSPS) is 12.5. The van der Waals surface area contributed by atoms with Crippen molar-refractivity contribution in [1.82, 2.24) is 0 Å². The van der Waals surface area contributed by atoms with Crippen LogP contribution in [0.25, 0.3) is 0 Å². The van der Waals surface area contributed by atoms with Gasteiger partial charge in [0.2, 0.25) is 0 Å². The monoisotopic (exact) mass is 226 g/mol. The van der Waals surface area contributed by atoms with Crippen molar-refractivity contribution in [3.8, 4) is 0 Å². The highest BCUT2D eigenvalue weighted by molar-refractivity contribution is 5.18. The molecule has 1 N–H and O–H groups in total. The number of aliphatic hydroxyl groups is 1. The topological polar surface area (TPSA) is 20.2 Å². The molecule has 0 saturated heterocycles. The van der Waals surface area contributed by atoms with E-state index in [1.54, 1.807) is 0 Å². The number of benzene rings is 1. The Hall–Kier alpha value is -1.22. The third-order valence-corrected chi connectivity index (χ3v) is 2.30. The second-order valence-electron chi connectivity index (χ2n) is 4.13. The fourth-order valence-electron chi connectivity index (χ4n) is 1.52. The quantitative estimate of drug-likeness (QED) is 0.764. The number of halogens is 2. The van der Waals surface area contributed by atoms with Crippen molar-refractivity contribution in [2.75, 3.05) is 0 Å². The second-order valence-corrected chi connectivity index (χ2v) is 4.13. The standard InChI is InChI=1S/C13H16F2O/c1-9(2)3-4-13(16)7-10-5-11(14)8-12(15)6-10/h5-6,8,13,16H,1,3-4,7H2,2H3. The molecule has 1 aromatic carbocycles. The summed E-state index contributed by atoms with van der Waals surface area (Å²) >= 11 is 0. The van der Waals surface area contributed by atoms with Gasteiger partial charge in [-0.1, -0.05) is 5.57 Å². The van der Waals surface area contributed by atoms with Crippen LogP contribution in [0, 0.1) is 11.6 Å². The molecule has 0 radical (unpaired) electrons. The van der Waals surface area contributed by atoms with Gasteiger partial charge in [-0.25, -0.2) is 8.78 Å². The van der Waals surface area contributed by atoms with E-state index in [2.05, 4.69) is 6.58 Å². The maximum atomic E-state index is 12.9. The van der Waals surface area contributed by atoms with E-state index in [9.17, 15) is 13.9 Å². The summed E-state index contributed by atoms with van der Waals surface area (Å²) in [7, 11) is 0. The number of hydrogen-bond acceptors (Lipinski definition) is 1. The first-order chi connectivity index (χ1) is 7.47. The van der Waals surface area contributed by atoms with Crippen molar-refractivity contribution >= 4 is 0 Å². The molecule has 88 valence electrons. The number of hydrogen-bond donors (Lipinski definition) is 1.